The van der Waals surface area contributed by atoms with Crippen molar-refractivity contribution >= 4 is 5.96 Å². The molecular formula is C22H32N6O3. The van der Waals surface area contributed by atoms with E-state index in [4.69, 9.17) is 14.2 Å². The number of nitrogens with one attached hydrogen (secondary N) is 2. The second-order valence-corrected chi connectivity index (χ2v) is 8.61. The van der Waals surface area contributed by atoms with Crippen molar-refractivity contribution in [3.05, 3.63) is 35.4 Å². The molecule has 0 amide bonds. The molecule has 0 fully saturated rings. The smallest absolute Gasteiger partial charge is 0.191 e. The third-order valence-corrected chi connectivity index (χ3v) is 5.76. The summed E-state index contributed by atoms with van der Waals surface area (Å²) in [5, 5.41) is 11.6. The number of rotatable bonds is 6. The van der Waals surface area contributed by atoms with Crippen LogP contribution in [0, 0.1) is 0 Å². The molecule has 9 heteroatoms. The number of methoxy groups -OCH3 is 1. The normalized spacial score (nSPS) is 18.5. The van der Waals surface area contributed by atoms with Crippen LogP contribution in [-0.4, -0.2) is 60.7 Å². The van der Waals surface area contributed by atoms with Crippen LogP contribution in [0.15, 0.2) is 23.2 Å². The molecule has 2 aliphatic rings. The Bertz CT molecular complexity index is 939. The lowest BCUT2D eigenvalue weighted by molar-refractivity contribution is 0.171. The van der Waals surface area contributed by atoms with Crippen LogP contribution in [0.2, 0.25) is 0 Å². The van der Waals surface area contributed by atoms with Crippen LogP contribution in [0.1, 0.15) is 37.5 Å². The summed E-state index contributed by atoms with van der Waals surface area (Å²) >= 11 is 0. The lowest BCUT2D eigenvalue weighted by Gasteiger charge is -2.30. The zero-order chi connectivity index (χ0) is 21.8. The average Bonchev–Trinajstić information content (AvgIpc) is 3.18. The largest absolute Gasteiger partial charge is 0.486 e. The number of ether oxygens (including phenoxy) is 3. The minimum atomic E-state index is -0.117. The Morgan fingerprint density at radius 2 is 2.10 bits per heavy atom. The van der Waals surface area contributed by atoms with Gasteiger partial charge in [0.2, 0.25) is 0 Å². The zero-order valence-electron chi connectivity index (χ0n) is 18.8. The van der Waals surface area contributed by atoms with Gasteiger partial charge in [-0.15, -0.1) is 0 Å². The van der Waals surface area contributed by atoms with Crippen molar-refractivity contribution in [3.63, 3.8) is 0 Å². The Kier molecular flexibility index (Phi) is 6.31. The molecule has 1 aromatic heterocycles. The summed E-state index contributed by atoms with van der Waals surface area (Å²) in [5.41, 5.74) is 1.07. The van der Waals surface area contributed by atoms with Crippen molar-refractivity contribution in [1.29, 1.82) is 0 Å². The standard InChI is InChI=1S/C22H32N6O3/c1-22(2,15-5-7-17-18(11-15)31-10-9-30-17)14-24-21(23-3)25-16-6-8-20-26-19(13-29-4)27-28(20)12-16/h5,7,11,16H,6,8-10,12-14H2,1-4H3,(H2,23,24,25). The first-order valence-electron chi connectivity index (χ1n) is 10.8. The van der Waals surface area contributed by atoms with E-state index >= 15 is 0 Å². The molecule has 0 radical (unpaired) electrons. The summed E-state index contributed by atoms with van der Waals surface area (Å²) < 4.78 is 18.5. The lowest BCUT2D eigenvalue weighted by atomic mass is 9.84. The van der Waals surface area contributed by atoms with Crippen LogP contribution >= 0.6 is 0 Å². The topological polar surface area (TPSA) is 94.8 Å². The third kappa shape index (κ3) is 4.92. The van der Waals surface area contributed by atoms with Crippen molar-refractivity contribution in [1.82, 2.24) is 25.4 Å². The number of benzene rings is 1. The van der Waals surface area contributed by atoms with Crippen LogP contribution in [0.5, 0.6) is 11.5 Å². The summed E-state index contributed by atoms with van der Waals surface area (Å²) in [6, 6.07) is 6.43. The van der Waals surface area contributed by atoms with E-state index in [1.165, 1.54) is 5.56 Å². The van der Waals surface area contributed by atoms with Gasteiger partial charge < -0.3 is 24.8 Å². The fourth-order valence-electron chi connectivity index (χ4n) is 3.93. The molecule has 2 aliphatic heterocycles. The lowest BCUT2D eigenvalue weighted by Crippen LogP contribution is -2.49. The van der Waals surface area contributed by atoms with Gasteiger partial charge in [0.25, 0.3) is 0 Å². The number of hydrogen-bond acceptors (Lipinski definition) is 6. The molecule has 2 N–H and O–H groups in total. The highest BCUT2D eigenvalue weighted by Gasteiger charge is 2.26. The van der Waals surface area contributed by atoms with E-state index in [0.29, 0.717) is 19.8 Å². The fraction of sp³-hybridized carbons (Fsp3) is 0.591. The first-order valence-corrected chi connectivity index (χ1v) is 10.8. The fourth-order valence-corrected chi connectivity index (χ4v) is 3.93. The van der Waals surface area contributed by atoms with E-state index in [9.17, 15) is 0 Å². The third-order valence-electron chi connectivity index (χ3n) is 5.76. The van der Waals surface area contributed by atoms with Crippen molar-refractivity contribution in [2.45, 2.75) is 51.3 Å². The van der Waals surface area contributed by atoms with Gasteiger partial charge in [-0.1, -0.05) is 19.9 Å². The predicted octanol–water partition coefficient (Wildman–Crippen LogP) is 1.65. The average molecular weight is 429 g/mol. The van der Waals surface area contributed by atoms with Gasteiger partial charge in [0.15, 0.2) is 23.3 Å². The highest BCUT2D eigenvalue weighted by molar-refractivity contribution is 5.80. The van der Waals surface area contributed by atoms with Crippen molar-refractivity contribution < 1.29 is 14.2 Å². The maximum absolute atomic E-state index is 5.75. The van der Waals surface area contributed by atoms with Crippen LogP contribution in [0.25, 0.3) is 0 Å². The Morgan fingerprint density at radius 3 is 2.87 bits per heavy atom. The minimum absolute atomic E-state index is 0.117. The molecule has 1 atom stereocenters. The first kappa shape index (κ1) is 21.4. The molecular weight excluding hydrogens is 396 g/mol. The summed E-state index contributed by atoms with van der Waals surface area (Å²) in [6.07, 6.45) is 1.87. The molecule has 0 saturated carbocycles. The molecule has 3 heterocycles. The van der Waals surface area contributed by atoms with Gasteiger partial charge in [0.05, 0.1) is 6.54 Å². The number of fused-ring (bicyclic) bond motifs is 2. The molecule has 1 unspecified atom stereocenters. The summed E-state index contributed by atoms with van der Waals surface area (Å²) in [6.45, 7) is 7.54. The zero-order valence-corrected chi connectivity index (χ0v) is 18.8. The van der Waals surface area contributed by atoms with Crippen LogP contribution in [-0.2, 0) is 29.7 Å². The highest BCUT2D eigenvalue weighted by atomic mass is 16.6. The van der Waals surface area contributed by atoms with Crippen LogP contribution in [0.3, 0.4) is 0 Å². The van der Waals surface area contributed by atoms with E-state index in [2.05, 4.69) is 51.7 Å². The van der Waals surface area contributed by atoms with Crippen molar-refractivity contribution in [2.24, 2.45) is 4.99 Å². The van der Waals surface area contributed by atoms with Crippen molar-refractivity contribution in [3.8, 4) is 11.5 Å². The van der Waals surface area contributed by atoms with Gasteiger partial charge >= 0.3 is 0 Å². The quantitative estimate of drug-likeness (QED) is 0.534. The Labute approximate surface area is 183 Å². The Hall–Kier alpha value is -2.81. The van der Waals surface area contributed by atoms with Crippen LogP contribution < -0.4 is 20.1 Å². The van der Waals surface area contributed by atoms with Gasteiger partial charge in [0.1, 0.15) is 25.6 Å². The minimum Gasteiger partial charge on any atom is -0.486 e. The van der Waals surface area contributed by atoms with Gasteiger partial charge in [-0.2, -0.15) is 5.10 Å². The van der Waals surface area contributed by atoms with E-state index in [1.807, 2.05) is 10.7 Å². The van der Waals surface area contributed by atoms with Gasteiger partial charge in [-0.25, -0.2) is 9.67 Å². The number of aliphatic imine (C=N–C) groups is 1. The van der Waals surface area contributed by atoms with E-state index in [1.54, 1.807) is 14.2 Å². The number of nitrogens with zero attached hydrogens (tertiary/aromatic N) is 4. The SMILES string of the molecule is CN=C(NCC(C)(C)c1ccc2c(c1)OCCO2)NC1CCc2nc(COC)nn2C1. The van der Waals surface area contributed by atoms with Gasteiger partial charge in [-0.05, 0) is 24.1 Å². The molecule has 0 aliphatic carbocycles. The molecule has 9 nitrogen and oxygen atoms in total. The molecule has 4 rings (SSSR count). The number of hydrogen-bond donors (Lipinski definition) is 2. The van der Waals surface area contributed by atoms with E-state index in [-0.39, 0.29) is 11.5 Å². The predicted molar refractivity (Wildman–Crippen MR) is 118 cm³/mol. The van der Waals surface area contributed by atoms with Crippen molar-refractivity contribution in [2.75, 3.05) is 33.9 Å². The second-order valence-electron chi connectivity index (χ2n) is 8.61. The number of guanidine groups is 1. The maximum atomic E-state index is 5.75. The summed E-state index contributed by atoms with van der Waals surface area (Å²) in [7, 11) is 3.46. The van der Waals surface area contributed by atoms with Gasteiger partial charge in [0, 0.05) is 38.6 Å². The molecule has 1 aromatic carbocycles. The van der Waals surface area contributed by atoms with E-state index < -0.39 is 0 Å². The number of aryl methyl sites for hydroxylation is 1. The second kappa shape index (κ2) is 9.13. The summed E-state index contributed by atoms with van der Waals surface area (Å²) in [5.74, 6) is 4.18. The van der Waals surface area contributed by atoms with E-state index in [0.717, 1.165) is 55.0 Å². The Morgan fingerprint density at radius 1 is 1.29 bits per heavy atom. The molecule has 0 bridgehead atoms. The molecule has 31 heavy (non-hydrogen) atoms. The highest BCUT2D eigenvalue weighted by Crippen LogP contribution is 2.34. The first-order chi connectivity index (χ1) is 15.0. The summed E-state index contributed by atoms with van der Waals surface area (Å²) in [4.78, 5) is 8.97. The maximum Gasteiger partial charge on any atom is 0.191 e. The Balaban J connectivity index is 1.35. The monoisotopic (exact) mass is 428 g/mol. The molecule has 168 valence electrons. The van der Waals surface area contributed by atoms with Gasteiger partial charge in [-0.3, -0.25) is 4.99 Å². The molecule has 0 spiro atoms. The number of aromatic nitrogens is 3. The van der Waals surface area contributed by atoms with Crippen LogP contribution in [0.4, 0.5) is 0 Å². The molecule has 0 saturated heterocycles. The molecule has 2 aromatic rings.